The molecule has 2 unspecified atom stereocenters. The van der Waals surface area contributed by atoms with Crippen LogP contribution in [0.15, 0.2) is 24.3 Å². The van der Waals surface area contributed by atoms with Crippen molar-refractivity contribution in [2.45, 2.75) is 39.8 Å². The van der Waals surface area contributed by atoms with Gasteiger partial charge in [-0.15, -0.1) is 0 Å². The molecule has 6 heteroatoms. The topological polar surface area (TPSA) is 50.6 Å². The molecular weight excluding hydrogens is 352 g/mol. The van der Waals surface area contributed by atoms with Gasteiger partial charge >= 0.3 is 0 Å². The second-order valence-corrected chi connectivity index (χ2v) is 7.98. The number of carbonyl (C=O) groups excluding carboxylic acids is 1. The molecule has 3 rings (SSSR count). The summed E-state index contributed by atoms with van der Waals surface area (Å²) in [6, 6.07) is 8.86. The molecule has 28 heavy (non-hydrogen) atoms. The molecule has 1 aromatic heterocycles. The summed E-state index contributed by atoms with van der Waals surface area (Å²) < 4.78 is 7.03. The van der Waals surface area contributed by atoms with Crippen LogP contribution in [0, 0.1) is 13.8 Å². The third-order valence-corrected chi connectivity index (χ3v) is 5.84. The molecule has 0 aliphatic carbocycles. The van der Waals surface area contributed by atoms with Crippen molar-refractivity contribution in [3.05, 3.63) is 41.1 Å². The summed E-state index contributed by atoms with van der Waals surface area (Å²) in [5.41, 5.74) is 5.06. The molecular formula is C22H32N4O2. The van der Waals surface area contributed by atoms with Crippen LogP contribution < -0.4 is 0 Å². The minimum atomic E-state index is 0.00998. The first-order chi connectivity index (χ1) is 13.3. The van der Waals surface area contributed by atoms with E-state index >= 15 is 0 Å². The maximum absolute atomic E-state index is 13.1. The molecule has 2 atom stereocenters. The number of hydrogen-bond donors (Lipinski definition) is 0. The molecule has 0 bridgehead atoms. The lowest BCUT2D eigenvalue weighted by Gasteiger charge is -2.44. The highest BCUT2D eigenvalue weighted by Crippen LogP contribution is 2.24. The number of ether oxygens (including phenoxy) is 1. The number of benzene rings is 1. The van der Waals surface area contributed by atoms with Crippen molar-refractivity contribution in [2.24, 2.45) is 7.05 Å². The van der Waals surface area contributed by atoms with E-state index in [4.69, 9.17) is 4.74 Å². The van der Waals surface area contributed by atoms with Gasteiger partial charge in [-0.2, -0.15) is 5.10 Å². The third-order valence-electron chi connectivity index (χ3n) is 5.84. The Morgan fingerprint density at radius 2 is 1.82 bits per heavy atom. The largest absolute Gasteiger partial charge is 0.383 e. The quantitative estimate of drug-likeness (QED) is 0.795. The van der Waals surface area contributed by atoms with Gasteiger partial charge in [0.15, 0.2) is 5.69 Å². The number of methoxy groups -OCH3 is 1. The maximum atomic E-state index is 13.1. The molecule has 0 spiro atoms. The molecule has 1 aliphatic rings. The zero-order valence-corrected chi connectivity index (χ0v) is 17.9. The van der Waals surface area contributed by atoms with Crippen LogP contribution in [0.4, 0.5) is 0 Å². The van der Waals surface area contributed by atoms with Gasteiger partial charge in [0, 0.05) is 51.4 Å². The fourth-order valence-corrected chi connectivity index (χ4v) is 4.06. The van der Waals surface area contributed by atoms with E-state index in [-0.39, 0.29) is 5.91 Å². The second-order valence-electron chi connectivity index (χ2n) is 7.98. The lowest BCUT2D eigenvalue weighted by molar-refractivity contribution is 0.0190. The van der Waals surface area contributed by atoms with E-state index in [9.17, 15) is 4.79 Å². The molecule has 0 saturated carbocycles. The summed E-state index contributed by atoms with van der Waals surface area (Å²) in [4.78, 5) is 17.5. The van der Waals surface area contributed by atoms with Crippen LogP contribution >= 0.6 is 0 Å². The fourth-order valence-electron chi connectivity index (χ4n) is 4.06. The van der Waals surface area contributed by atoms with Gasteiger partial charge in [-0.05, 0) is 51.0 Å². The van der Waals surface area contributed by atoms with E-state index in [1.807, 2.05) is 18.0 Å². The average Bonchev–Trinajstić information content (AvgIpc) is 3.04. The molecule has 2 aromatic rings. The number of hydrogen-bond acceptors (Lipinski definition) is 4. The fraction of sp³-hybridized carbons (Fsp3) is 0.545. The molecule has 152 valence electrons. The predicted octanol–water partition coefficient (Wildman–Crippen LogP) is 2.89. The lowest BCUT2D eigenvalue weighted by Crippen LogP contribution is -2.58. The predicted molar refractivity (Wildman–Crippen MR) is 112 cm³/mol. The molecule has 0 N–H and O–H groups in total. The van der Waals surface area contributed by atoms with Crippen LogP contribution in [-0.4, -0.2) is 70.9 Å². The van der Waals surface area contributed by atoms with Gasteiger partial charge < -0.3 is 9.64 Å². The smallest absolute Gasteiger partial charge is 0.274 e. The maximum Gasteiger partial charge on any atom is 0.274 e. The highest BCUT2D eigenvalue weighted by Gasteiger charge is 2.32. The number of piperazine rings is 1. The molecule has 0 radical (unpaired) electrons. The van der Waals surface area contributed by atoms with Gasteiger partial charge in [0.25, 0.3) is 5.91 Å². The van der Waals surface area contributed by atoms with Crippen molar-refractivity contribution in [1.82, 2.24) is 19.6 Å². The zero-order chi connectivity index (χ0) is 20.4. The number of rotatable bonds is 5. The summed E-state index contributed by atoms with van der Waals surface area (Å²) in [7, 11) is 3.62. The van der Waals surface area contributed by atoms with Crippen molar-refractivity contribution in [3.63, 3.8) is 0 Å². The second kappa shape index (κ2) is 8.45. The Kier molecular flexibility index (Phi) is 6.20. The highest BCUT2D eigenvalue weighted by atomic mass is 16.5. The van der Waals surface area contributed by atoms with Gasteiger partial charge in [0.2, 0.25) is 0 Å². The monoisotopic (exact) mass is 384 g/mol. The molecule has 1 amide bonds. The van der Waals surface area contributed by atoms with Crippen LogP contribution in [0.2, 0.25) is 0 Å². The van der Waals surface area contributed by atoms with E-state index < -0.39 is 0 Å². The number of amides is 1. The molecule has 6 nitrogen and oxygen atoms in total. The minimum Gasteiger partial charge on any atom is -0.383 e. The number of nitrogens with zero attached hydrogens (tertiary/aromatic N) is 4. The van der Waals surface area contributed by atoms with Crippen LogP contribution in [0.25, 0.3) is 11.3 Å². The zero-order valence-electron chi connectivity index (χ0n) is 17.9. The number of aromatic nitrogens is 2. The van der Waals surface area contributed by atoms with E-state index in [0.717, 1.165) is 17.8 Å². The van der Waals surface area contributed by atoms with Crippen LogP contribution in [0.1, 0.15) is 35.5 Å². The minimum absolute atomic E-state index is 0.00998. The van der Waals surface area contributed by atoms with E-state index in [1.54, 1.807) is 11.8 Å². The molecule has 2 heterocycles. The molecule has 1 aromatic carbocycles. The Labute approximate surface area is 168 Å². The Bertz CT molecular complexity index is 833. The normalized spacial score (nSPS) is 20.6. The summed E-state index contributed by atoms with van der Waals surface area (Å²) in [6.07, 6.45) is 0. The van der Waals surface area contributed by atoms with E-state index in [0.29, 0.717) is 37.5 Å². The third kappa shape index (κ3) is 4.13. The number of aryl methyl sites for hydroxylation is 3. The molecule has 1 fully saturated rings. The van der Waals surface area contributed by atoms with Gasteiger partial charge in [-0.3, -0.25) is 14.4 Å². The Hall–Kier alpha value is -2.18. The summed E-state index contributed by atoms with van der Waals surface area (Å²) in [5, 5.41) is 4.52. The Morgan fingerprint density at radius 1 is 1.14 bits per heavy atom. The van der Waals surface area contributed by atoms with Crippen molar-refractivity contribution in [2.75, 3.05) is 33.4 Å². The van der Waals surface area contributed by atoms with Crippen molar-refractivity contribution >= 4 is 5.91 Å². The summed E-state index contributed by atoms with van der Waals surface area (Å²) in [6.45, 7) is 11.6. The van der Waals surface area contributed by atoms with Crippen LogP contribution in [0.3, 0.4) is 0 Å². The molecule has 1 aliphatic heterocycles. The van der Waals surface area contributed by atoms with Gasteiger partial charge in [0.05, 0.1) is 12.3 Å². The van der Waals surface area contributed by atoms with Crippen molar-refractivity contribution < 1.29 is 9.53 Å². The summed E-state index contributed by atoms with van der Waals surface area (Å²) >= 11 is 0. The van der Waals surface area contributed by atoms with E-state index in [1.165, 1.54) is 11.1 Å². The Balaban J connectivity index is 1.77. The SMILES string of the molecule is COCCN1C(C)CN(C(=O)c2cc(-c3ccc(C)c(C)c3)n(C)n2)CC1C. The average molecular weight is 385 g/mol. The van der Waals surface area contributed by atoms with E-state index in [2.05, 4.69) is 55.9 Å². The van der Waals surface area contributed by atoms with Crippen LogP contribution in [0.5, 0.6) is 0 Å². The van der Waals surface area contributed by atoms with Gasteiger partial charge in [-0.1, -0.05) is 12.1 Å². The first-order valence-electron chi connectivity index (χ1n) is 9.97. The first-order valence-corrected chi connectivity index (χ1v) is 9.97. The standard InChI is InChI=1S/C22H32N4O2/c1-15-7-8-19(11-16(15)2)21-12-20(23-24(21)5)22(27)25-13-17(3)26(9-10-28-6)18(4)14-25/h7-8,11-12,17-18H,9-10,13-14H2,1-6H3. The van der Waals surface area contributed by atoms with Crippen LogP contribution in [-0.2, 0) is 11.8 Å². The number of carbonyl (C=O) groups is 1. The van der Waals surface area contributed by atoms with Gasteiger partial charge in [-0.25, -0.2) is 0 Å². The van der Waals surface area contributed by atoms with Crippen molar-refractivity contribution in [3.8, 4) is 11.3 Å². The molecule has 1 saturated heterocycles. The summed E-state index contributed by atoms with van der Waals surface area (Å²) in [5.74, 6) is 0.00998. The lowest BCUT2D eigenvalue weighted by atomic mass is 10.0. The first kappa shape index (κ1) is 20.6. The van der Waals surface area contributed by atoms with Crippen molar-refractivity contribution in [1.29, 1.82) is 0 Å². The van der Waals surface area contributed by atoms with Gasteiger partial charge in [0.1, 0.15) is 0 Å². The highest BCUT2D eigenvalue weighted by molar-refractivity contribution is 5.93. The Morgan fingerprint density at radius 3 is 2.43 bits per heavy atom.